The van der Waals surface area contributed by atoms with E-state index in [-0.39, 0.29) is 31.1 Å². The van der Waals surface area contributed by atoms with Crippen molar-refractivity contribution in [2.75, 3.05) is 13.2 Å². The fourth-order valence-corrected chi connectivity index (χ4v) is 11.1. The minimum atomic E-state index is -0.788. The first kappa shape index (κ1) is 79.4. The third-order valence-corrected chi connectivity index (χ3v) is 16.6. The molecule has 0 aliphatic carbocycles. The molecule has 6 nitrogen and oxygen atoms in total. The summed E-state index contributed by atoms with van der Waals surface area (Å²) >= 11 is 0. The Labute approximate surface area is 511 Å². The molecule has 0 aliphatic heterocycles. The highest BCUT2D eigenvalue weighted by molar-refractivity contribution is 5.71. The summed E-state index contributed by atoms with van der Waals surface area (Å²) in [6.45, 7) is 6.57. The molecule has 0 aliphatic rings. The van der Waals surface area contributed by atoms with Crippen LogP contribution in [-0.2, 0) is 28.6 Å². The molecule has 0 spiro atoms. The van der Waals surface area contributed by atoms with Crippen molar-refractivity contribution < 1.29 is 28.6 Å². The number of esters is 3. The Hall–Kier alpha value is -2.63. The van der Waals surface area contributed by atoms with Crippen LogP contribution < -0.4 is 0 Å². The van der Waals surface area contributed by atoms with Crippen molar-refractivity contribution >= 4 is 17.9 Å². The van der Waals surface area contributed by atoms with Crippen LogP contribution in [0.3, 0.4) is 0 Å². The summed E-state index contributed by atoms with van der Waals surface area (Å²) in [6.07, 6.45) is 90.3. The van der Waals surface area contributed by atoms with Gasteiger partial charge in [-0.15, -0.1) is 0 Å². The van der Waals surface area contributed by atoms with E-state index >= 15 is 0 Å². The normalized spacial score (nSPS) is 12.3. The molecule has 0 aromatic heterocycles. The summed E-state index contributed by atoms with van der Waals surface area (Å²) in [5, 5.41) is 0. The molecule has 0 saturated heterocycles. The summed E-state index contributed by atoms with van der Waals surface area (Å²) in [7, 11) is 0. The van der Waals surface area contributed by atoms with E-state index in [9.17, 15) is 14.4 Å². The summed E-state index contributed by atoms with van der Waals surface area (Å²) in [5.74, 6) is -0.896. The van der Waals surface area contributed by atoms with Crippen LogP contribution in [0.4, 0.5) is 0 Å². The molecule has 0 aromatic rings. The van der Waals surface area contributed by atoms with Crippen LogP contribution in [0.2, 0.25) is 0 Å². The van der Waals surface area contributed by atoms with Gasteiger partial charge >= 0.3 is 17.9 Å². The van der Waals surface area contributed by atoms with Crippen molar-refractivity contribution in [3.8, 4) is 0 Å². The number of carbonyl (C=O) groups excluding carboxylic acids is 3. The van der Waals surface area contributed by atoms with Crippen LogP contribution in [0.5, 0.6) is 0 Å². The van der Waals surface area contributed by atoms with Crippen LogP contribution in [-0.4, -0.2) is 37.2 Å². The number of allylic oxidation sites excluding steroid dienone is 8. The monoisotopic (exact) mass is 1150 g/mol. The lowest BCUT2D eigenvalue weighted by Crippen LogP contribution is -2.30. The van der Waals surface area contributed by atoms with Gasteiger partial charge in [-0.3, -0.25) is 14.4 Å². The van der Waals surface area contributed by atoms with Gasteiger partial charge < -0.3 is 14.2 Å². The molecule has 82 heavy (non-hydrogen) atoms. The summed E-state index contributed by atoms with van der Waals surface area (Å²) < 4.78 is 17.0. The second-order valence-electron chi connectivity index (χ2n) is 24.8. The van der Waals surface area contributed by atoms with E-state index in [4.69, 9.17) is 14.2 Å². The number of carbonyl (C=O) groups is 3. The number of hydrogen-bond acceptors (Lipinski definition) is 6. The SMILES string of the molecule is CC/C=C\C/C=C\C/C=C\C/C=C\CCCCC(=O)OCC(COC(=O)CCCCCCCCCCCCCCCCCCCCCCCCCCCCCCCC)OC(=O)CCCCCCCCCCCCCCCCCCCCC. The van der Waals surface area contributed by atoms with Crippen LogP contribution >= 0.6 is 0 Å². The number of ether oxygens (including phenoxy) is 3. The van der Waals surface area contributed by atoms with Crippen LogP contribution in [0.25, 0.3) is 0 Å². The zero-order valence-electron chi connectivity index (χ0n) is 55.3. The van der Waals surface area contributed by atoms with Gasteiger partial charge in [0.05, 0.1) is 0 Å². The van der Waals surface area contributed by atoms with Crippen molar-refractivity contribution in [1.29, 1.82) is 0 Å². The summed E-state index contributed by atoms with van der Waals surface area (Å²) in [6, 6.07) is 0. The van der Waals surface area contributed by atoms with Crippen LogP contribution in [0, 0.1) is 0 Å². The first-order valence-corrected chi connectivity index (χ1v) is 36.6. The molecule has 480 valence electrons. The molecule has 0 N–H and O–H groups in total. The fraction of sp³-hybridized carbons (Fsp3) is 0.855. The molecule has 0 saturated carbocycles. The van der Waals surface area contributed by atoms with Gasteiger partial charge in [0.25, 0.3) is 0 Å². The van der Waals surface area contributed by atoms with Gasteiger partial charge in [0.1, 0.15) is 13.2 Å². The van der Waals surface area contributed by atoms with E-state index in [0.29, 0.717) is 19.3 Å². The van der Waals surface area contributed by atoms with Crippen molar-refractivity contribution in [3.05, 3.63) is 48.6 Å². The first-order chi connectivity index (χ1) is 40.5. The van der Waals surface area contributed by atoms with Gasteiger partial charge in [-0.2, -0.15) is 0 Å². The average molecular weight is 1150 g/mol. The second-order valence-corrected chi connectivity index (χ2v) is 24.8. The molecule has 0 fully saturated rings. The molecule has 0 bridgehead atoms. The van der Waals surface area contributed by atoms with E-state index in [2.05, 4.69) is 69.4 Å². The maximum Gasteiger partial charge on any atom is 0.306 e. The third kappa shape index (κ3) is 68.2. The maximum absolute atomic E-state index is 12.9. The molecule has 1 atom stereocenters. The predicted molar refractivity (Wildman–Crippen MR) is 358 cm³/mol. The second kappa shape index (κ2) is 70.9. The van der Waals surface area contributed by atoms with Crippen LogP contribution in [0.15, 0.2) is 48.6 Å². The van der Waals surface area contributed by atoms with Gasteiger partial charge in [0, 0.05) is 19.3 Å². The van der Waals surface area contributed by atoms with E-state index in [1.54, 1.807) is 0 Å². The molecule has 0 heterocycles. The number of hydrogen-bond donors (Lipinski definition) is 0. The number of rotatable bonds is 68. The average Bonchev–Trinajstić information content (AvgIpc) is 3.47. The standard InChI is InChI=1S/C76H140O6/c1-4-7-10-13-16-19-22-25-28-30-32-33-34-35-36-37-38-39-40-41-42-44-45-48-51-54-57-60-63-66-69-75(78)81-72-73(71-80-74(77)68-65-62-59-56-53-50-47-27-24-21-18-15-12-9-6-3)82-76(79)70-67-64-61-58-55-52-49-46-43-31-29-26-23-20-17-14-11-8-5-2/h9,12,18,21,27,47,53,56,73H,4-8,10-11,13-17,19-20,22-26,28-46,48-52,54-55,57-72H2,1-3H3/b12-9-,21-18-,47-27-,56-53-. The summed E-state index contributed by atoms with van der Waals surface area (Å²) in [4.78, 5) is 38.4. The van der Waals surface area contributed by atoms with Crippen molar-refractivity contribution in [3.63, 3.8) is 0 Å². The molecular formula is C76H140O6. The fourth-order valence-electron chi connectivity index (χ4n) is 11.1. The van der Waals surface area contributed by atoms with Crippen molar-refractivity contribution in [2.45, 2.75) is 406 Å². The van der Waals surface area contributed by atoms with Gasteiger partial charge in [-0.05, 0) is 57.8 Å². The minimum absolute atomic E-state index is 0.0809. The molecule has 1 unspecified atom stereocenters. The Kier molecular flexibility index (Phi) is 68.6. The third-order valence-electron chi connectivity index (χ3n) is 16.6. The highest BCUT2D eigenvalue weighted by atomic mass is 16.6. The lowest BCUT2D eigenvalue weighted by Gasteiger charge is -2.18. The van der Waals surface area contributed by atoms with Crippen molar-refractivity contribution in [1.82, 2.24) is 0 Å². The number of unbranched alkanes of at least 4 members (excludes halogenated alkanes) is 49. The van der Waals surface area contributed by atoms with E-state index in [1.807, 2.05) is 0 Å². The smallest absolute Gasteiger partial charge is 0.306 e. The van der Waals surface area contributed by atoms with E-state index in [1.165, 1.54) is 276 Å². The molecule has 0 aromatic carbocycles. The Bertz CT molecular complexity index is 1410. The van der Waals surface area contributed by atoms with Gasteiger partial charge in [-0.25, -0.2) is 0 Å². The predicted octanol–water partition coefficient (Wildman–Crippen LogP) is 25.3. The molecule has 0 rings (SSSR count). The quantitative estimate of drug-likeness (QED) is 0.0261. The first-order valence-electron chi connectivity index (χ1n) is 36.6. The lowest BCUT2D eigenvalue weighted by atomic mass is 10.0. The maximum atomic E-state index is 12.9. The Morgan fingerprint density at radius 1 is 0.256 bits per heavy atom. The highest BCUT2D eigenvalue weighted by Crippen LogP contribution is 2.19. The largest absolute Gasteiger partial charge is 0.462 e. The zero-order valence-corrected chi connectivity index (χ0v) is 55.3. The summed E-state index contributed by atoms with van der Waals surface area (Å²) in [5.41, 5.74) is 0. The van der Waals surface area contributed by atoms with Gasteiger partial charge in [0.15, 0.2) is 6.10 Å². The molecule has 0 amide bonds. The van der Waals surface area contributed by atoms with Crippen LogP contribution in [0.1, 0.15) is 400 Å². The molecule has 6 heteroatoms. The Balaban J connectivity index is 4.20. The Morgan fingerprint density at radius 3 is 0.744 bits per heavy atom. The lowest BCUT2D eigenvalue weighted by molar-refractivity contribution is -0.167. The Morgan fingerprint density at radius 2 is 0.476 bits per heavy atom. The molecular weight excluding hydrogens is 1010 g/mol. The highest BCUT2D eigenvalue weighted by Gasteiger charge is 2.19. The minimum Gasteiger partial charge on any atom is -0.462 e. The topological polar surface area (TPSA) is 78.9 Å². The molecule has 0 radical (unpaired) electrons. The van der Waals surface area contributed by atoms with Crippen molar-refractivity contribution in [2.24, 2.45) is 0 Å². The van der Waals surface area contributed by atoms with E-state index < -0.39 is 6.10 Å². The van der Waals surface area contributed by atoms with Gasteiger partial charge in [-0.1, -0.05) is 371 Å². The zero-order chi connectivity index (χ0) is 59.2. The van der Waals surface area contributed by atoms with Gasteiger partial charge in [0.2, 0.25) is 0 Å². The van der Waals surface area contributed by atoms with E-state index in [0.717, 1.165) is 83.5 Å².